The van der Waals surface area contributed by atoms with Gasteiger partial charge in [-0.25, -0.2) is 9.18 Å². The standard InChI is InChI=1S/C11H11FO3/c1-15-11(14)10(13)7-4-8-2-5-9(12)6-3-8/h2-3,5-6H,4,7H2,1H3. The average molecular weight is 210 g/mol. The van der Waals surface area contributed by atoms with Crippen LogP contribution >= 0.6 is 0 Å². The second-order valence-corrected chi connectivity index (χ2v) is 3.04. The second-order valence-electron chi connectivity index (χ2n) is 3.04. The number of aryl methyl sites for hydroxylation is 1. The minimum atomic E-state index is -0.836. The van der Waals surface area contributed by atoms with Crippen LogP contribution in [0.1, 0.15) is 12.0 Å². The lowest BCUT2D eigenvalue weighted by atomic mass is 10.1. The van der Waals surface area contributed by atoms with E-state index in [2.05, 4.69) is 4.74 Å². The molecule has 0 radical (unpaired) electrons. The van der Waals surface area contributed by atoms with Crippen molar-refractivity contribution in [1.82, 2.24) is 0 Å². The van der Waals surface area contributed by atoms with Crippen molar-refractivity contribution in [3.8, 4) is 0 Å². The van der Waals surface area contributed by atoms with E-state index in [1.807, 2.05) is 0 Å². The van der Waals surface area contributed by atoms with Crippen LogP contribution in [-0.4, -0.2) is 18.9 Å². The highest BCUT2D eigenvalue weighted by molar-refractivity contribution is 6.33. The number of carbonyl (C=O) groups excluding carboxylic acids is 2. The number of rotatable bonds is 4. The first-order valence-corrected chi connectivity index (χ1v) is 4.49. The maximum atomic E-state index is 12.5. The first-order valence-electron chi connectivity index (χ1n) is 4.49. The van der Waals surface area contributed by atoms with Crippen LogP contribution in [0.25, 0.3) is 0 Å². The third-order valence-electron chi connectivity index (χ3n) is 1.97. The molecule has 0 fully saturated rings. The molecule has 0 aliphatic carbocycles. The van der Waals surface area contributed by atoms with Gasteiger partial charge < -0.3 is 4.74 Å². The fourth-order valence-electron chi connectivity index (χ4n) is 1.12. The molecule has 0 spiro atoms. The number of methoxy groups -OCH3 is 1. The van der Waals surface area contributed by atoms with Gasteiger partial charge in [0.1, 0.15) is 5.82 Å². The highest BCUT2D eigenvalue weighted by Crippen LogP contribution is 2.05. The molecule has 4 heteroatoms. The van der Waals surface area contributed by atoms with Gasteiger partial charge in [-0.15, -0.1) is 0 Å². The summed E-state index contributed by atoms with van der Waals surface area (Å²) in [7, 11) is 1.16. The minimum absolute atomic E-state index is 0.0817. The fourth-order valence-corrected chi connectivity index (χ4v) is 1.12. The number of Topliss-reactive ketones (excluding diaryl/α,β-unsaturated/α-hetero) is 1. The van der Waals surface area contributed by atoms with E-state index in [1.54, 1.807) is 12.1 Å². The Kier molecular flexibility index (Phi) is 3.97. The quantitative estimate of drug-likeness (QED) is 0.558. The maximum absolute atomic E-state index is 12.5. The number of hydrogen-bond acceptors (Lipinski definition) is 3. The molecule has 3 nitrogen and oxygen atoms in total. The van der Waals surface area contributed by atoms with Gasteiger partial charge in [-0.1, -0.05) is 12.1 Å². The number of benzene rings is 1. The monoisotopic (exact) mass is 210 g/mol. The molecule has 80 valence electrons. The molecule has 0 saturated heterocycles. The molecule has 0 aromatic heterocycles. The van der Waals surface area contributed by atoms with Gasteiger partial charge in [-0.2, -0.15) is 0 Å². The third-order valence-corrected chi connectivity index (χ3v) is 1.97. The molecule has 0 heterocycles. The largest absolute Gasteiger partial charge is 0.463 e. The molecule has 0 saturated carbocycles. The summed E-state index contributed by atoms with van der Waals surface area (Å²) in [5.74, 6) is -1.73. The Labute approximate surface area is 86.9 Å². The lowest BCUT2D eigenvalue weighted by molar-refractivity contribution is -0.151. The Morgan fingerprint density at radius 2 is 1.87 bits per heavy atom. The molecule has 0 aliphatic heterocycles. The molecular weight excluding hydrogens is 199 g/mol. The molecule has 1 rings (SSSR count). The fraction of sp³-hybridized carbons (Fsp3) is 0.273. The zero-order chi connectivity index (χ0) is 11.3. The number of esters is 1. The van der Waals surface area contributed by atoms with Crippen molar-refractivity contribution >= 4 is 11.8 Å². The minimum Gasteiger partial charge on any atom is -0.463 e. The molecule has 0 bridgehead atoms. The third kappa shape index (κ3) is 3.50. The predicted molar refractivity (Wildman–Crippen MR) is 51.7 cm³/mol. The zero-order valence-corrected chi connectivity index (χ0v) is 8.33. The van der Waals surface area contributed by atoms with Crippen LogP contribution in [0.2, 0.25) is 0 Å². The van der Waals surface area contributed by atoms with Gasteiger partial charge in [-0.05, 0) is 24.1 Å². The van der Waals surface area contributed by atoms with E-state index in [-0.39, 0.29) is 12.2 Å². The number of hydrogen-bond donors (Lipinski definition) is 0. The van der Waals surface area contributed by atoms with Crippen molar-refractivity contribution in [1.29, 1.82) is 0 Å². The lowest BCUT2D eigenvalue weighted by Gasteiger charge is -2.00. The molecule has 0 aliphatic rings. The number of carbonyl (C=O) groups is 2. The van der Waals surface area contributed by atoms with Gasteiger partial charge in [0.2, 0.25) is 5.78 Å². The summed E-state index contributed by atoms with van der Waals surface area (Å²) < 4.78 is 16.8. The number of halogens is 1. The van der Waals surface area contributed by atoms with Crippen LogP contribution in [0.3, 0.4) is 0 Å². The summed E-state index contributed by atoms with van der Waals surface area (Å²) in [4.78, 5) is 21.8. The zero-order valence-electron chi connectivity index (χ0n) is 8.33. The Hall–Kier alpha value is -1.71. The van der Waals surface area contributed by atoms with Gasteiger partial charge in [0.05, 0.1) is 7.11 Å². The smallest absolute Gasteiger partial charge is 0.374 e. The number of ketones is 1. The van der Waals surface area contributed by atoms with Crippen molar-refractivity contribution in [3.05, 3.63) is 35.6 Å². The molecule has 0 unspecified atom stereocenters. The highest BCUT2D eigenvalue weighted by Gasteiger charge is 2.12. The summed E-state index contributed by atoms with van der Waals surface area (Å²) in [5, 5.41) is 0. The summed E-state index contributed by atoms with van der Waals surface area (Å²) in [6.07, 6.45) is 0.493. The number of ether oxygens (including phenoxy) is 1. The lowest BCUT2D eigenvalue weighted by Crippen LogP contribution is -2.15. The molecule has 0 N–H and O–H groups in total. The normalized spacial score (nSPS) is 9.73. The molecule has 1 aromatic rings. The summed E-state index contributed by atoms with van der Waals surface area (Å²) >= 11 is 0. The molecule has 15 heavy (non-hydrogen) atoms. The van der Waals surface area contributed by atoms with Crippen LogP contribution in [0.4, 0.5) is 4.39 Å². The Balaban J connectivity index is 2.47. The van der Waals surface area contributed by atoms with E-state index >= 15 is 0 Å². The Bertz CT molecular complexity index is 357. The van der Waals surface area contributed by atoms with E-state index in [4.69, 9.17) is 0 Å². The summed E-state index contributed by atoms with van der Waals surface area (Å²) in [5.41, 5.74) is 0.814. The van der Waals surface area contributed by atoms with E-state index in [1.165, 1.54) is 12.1 Å². The summed E-state index contributed by atoms with van der Waals surface area (Å²) in [6, 6.07) is 5.80. The summed E-state index contributed by atoms with van der Waals surface area (Å²) in [6.45, 7) is 0. The SMILES string of the molecule is COC(=O)C(=O)CCc1ccc(F)cc1. The first-order chi connectivity index (χ1) is 7.13. The van der Waals surface area contributed by atoms with E-state index < -0.39 is 11.8 Å². The van der Waals surface area contributed by atoms with Crippen molar-refractivity contribution in [3.63, 3.8) is 0 Å². The Morgan fingerprint density at radius 3 is 2.40 bits per heavy atom. The average Bonchev–Trinajstić information content (AvgIpc) is 2.26. The van der Waals surface area contributed by atoms with Crippen molar-refractivity contribution in [2.24, 2.45) is 0 Å². The van der Waals surface area contributed by atoms with Crippen LogP contribution in [0.5, 0.6) is 0 Å². The van der Waals surface area contributed by atoms with Crippen LogP contribution in [-0.2, 0) is 20.7 Å². The van der Waals surface area contributed by atoms with Crippen molar-refractivity contribution in [2.75, 3.05) is 7.11 Å². The van der Waals surface area contributed by atoms with E-state index in [0.29, 0.717) is 6.42 Å². The highest BCUT2D eigenvalue weighted by atomic mass is 19.1. The maximum Gasteiger partial charge on any atom is 0.374 e. The van der Waals surface area contributed by atoms with Crippen LogP contribution in [0, 0.1) is 5.82 Å². The topological polar surface area (TPSA) is 43.4 Å². The molecule has 0 amide bonds. The first kappa shape index (κ1) is 11.4. The van der Waals surface area contributed by atoms with E-state index in [0.717, 1.165) is 12.7 Å². The second kappa shape index (κ2) is 5.24. The molecule has 0 atom stereocenters. The van der Waals surface area contributed by atoms with E-state index in [9.17, 15) is 14.0 Å². The Morgan fingerprint density at radius 1 is 1.27 bits per heavy atom. The van der Waals surface area contributed by atoms with Crippen molar-refractivity contribution in [2.45, 2.75) is 12.8 Å². The van der Waals surface area contributed by atoms with Crippen LogP contribution in [0.15, 0.2) is 24.3 Å². The van der Waals surface area contributed by atoms with Gasteiger partial charge in [0, 0.05) is 6.42 Å². The molecule has 1 aromatic carbocycles. The van der Waals surface area contributed by atoms with Gasteiger partial charge >= 0.3 is 5.97 Å². The van der Waals surface area contributed by atoms with Gasteiger partial charge in [0.25, 0.3) is 0 Å². The molecular formula is C11H11FO3. The van der Waals surface area contributed by atoms with Gasteiger partial charge in [-0.3, -0.25) is 4.79 Å². The van der Waals surface area contributed by atoms with Crippen LogP contribution < -0.4 is 0 Å². The van der Waals surface area contributed by atoms with Gasteiger partial charge in [0.15, 0.2) is 0 Å². The van der Waals surface area contributed by atoms with Crippen molar-refractivity contribution < 1.29 is 18.7 Å². The predicted octanol–water partition coefficient (Wildman–Crippen LogP) is 1.50.